The molecule has 38 heavy (non-hydrogen) atoms. The maximum absolute atomic E-state index is 12.6. The van der Waals surface area contributed by atoms with Gasteiger partial charge in [0.25, 0.3) is 0 Å². The lowest BCUT2D eigenvalue weighted by molar-refractivity contribution is -0.274. The van der Waals surface area contributed by atoms with Crippen LogP contribution in [0.4, 0.5) is 13.2 Å². The number of carboxylic acid groups (broad SMARTS) is 1. The Hall–Kier alpha value is -4.02. The molecule has 1 saturated carbocycles. The Kier molecular flexibility index (Phi) is 7.00. The highest BCUT2D eigenvalue weighted by molar-refractivity contribution is 5.79. The van der Waals surface area contributed by atoms with Gasteiger partial charge in [0.1, 0.15) is 23.9 Å². The molecule has 1 aliphatic rings. The van der Waals surface area contributed by atoms with E-state index < -0.39 is 18.2 Å². The summed E-state index contributed by atoms with van der Waals surface area (Å²) in [6.45, 7) is 0.572. The standard InChI is InChI=1S/C27H27F3N4O4/c1-33-13-12-18(32-33)16-37-20-10-11-23-24(14-20)34(15-17-6-8-19(9-7-17)38-27(28,29)30)25(31-23)21-4-2-3-5-22(21)26(35)36/h6-14,21-22H,2-5,15-16H2,1H3,(H,35,36)/t21-,22?/m1/s1. The molecular weight excluding hydrogens is 501 g/mol. The van der Waals surface area contributed by atoms with Gasteiger partial charge in [-0.05, 0) is 48.7 Å². The van der Waals surface area contributed by atoms with Crippen LogP contribution in [0.3, 0.4) is 0 Å². The van der Waals surface area contributed by atoms with Crippen LogP contribution in [0, 0.1) is 5.92 Å². The Balaban J connectivity index is 1.50. The van der Waals surface area contributed by atoms with Crippen LogP contribution in [0.15, 0.2) is 54.7 Å². The van der Waals surface area contributed by atoms with Crippen molar-refractivity contribution in [2.45, 2.75) is 51.1 Å². The summed E-state index contributed by atoms with van der Waals surface area (Å²) in [4.78, 5) is 16.9. The van der Waals surface area contributed by atoms with Crippen molar-refractivity contribution >= 4 is 17.0 Å². The fourth-order valence-electron chi connectivity index (χ4n) is 5.07. The van der Waals surface area contributed by atoms with E-state index in [-0.39, 0.29) is 18.3 Å². The normalized spacial score (nSPS) is 18.0. The lowest BCUT2D eigenvalue weighted by Gasteiger charge is -2.28. The molecule has 1 fully saturated rings. The van der Waals surface area contributed by atoms with Crippen LogP contribution < -0.4 is 9.47 Å². The van der Waals surface area contributed by atoms with Gasteiger partial charge in [-0.2, -0.15) is 5.10 Å². The zero-order valence-corrected chi connectivity index (χ0v) is 20.7. The fourth-order valence-corrected chi connectivity index (χ4v) is 5.07. The van der Waals surface area contributed by atoms with Crippen LogP contribution >= 0.6 is 0 Å². The Bertz CT molecular complexity index is 1430. The van der Waals surface area contributed by atoms with Crippen LogP contribution in [-0.2, 0) is 25.0 Å². The van der Waals surface area contributed by atoms with E-state index in [2.05, 4.69) is 9.84 Å². The average Bonchev–Trinajstić information content (AvgIpc) is 3.46. The van der Waals surface area contributed by atoms with Crippen LogP contribution in [-0.4, -0.2) is 36.8 Å². The number of aromatic nitrogens is 4. The molecule has 1 unspecified atom stereocenters. The summed E-state index contributed by atoms with van der Waals surface area (Å²) >= 11 is 0. The van der Waals surface area contributed by atoms with E-state index in [0.717, 1.165) is 29.6 Å². The van der Waals surface area contributed by atoms with Crippen molar-refractivity contribution in [1.82, 2.24) is 19.3 Å². The SMILES string of the molecule is Cn1ccc(COc2ccc3nc([C@@H]4CCCCC4C(=O)O)n(Cc4ccc(OC(F)(F)F)cc4)c3c2)n1. The number of hydrogen-bond donors (Lipinski definition) is 1. The zero-order valence-electron chi connectivity index (χ0n) is 20.7. The molecule has 5 rings (SSSR count). The summed E-state index contributed by atoms with van der Waals surface area (Å²) < 4.78 is 51.4. The molecular formula is C27H27F3N4O4. The molecule has 0 bridgehead atoms. The van der Waals surface area contributed by atoms with Crippen LogP contribution in [0.2, 0.25) is 0 Å². The second-order valence-corrected chi connectivity index (χ2v) is 9.50. The molecule has 0 radical (unpaired) electrons. The summed E-state index contributed by atoms with van der Waals surface area (Å²) in [5.74, 6) is -0.726. The third kappa shape index (κ3) is 5.76. The number of aryl methyl sites for hydroxylation is 1. The third-order valence-electron chi connectivity index (χ3n) is 6.82. The molecule has 200 valence electrons. The molecule has 2 aromatic carbocycles. The minimum absolute atomic E-state index is 0.276. The molecule has 1 aliphatic carbocycles. The number of carboxylic acids is 1. The number of alkyl halides is 3. The lowest BCUT2D eigenvalue weighted by atomic mass is 9.78. The van der Waals surface area contributed by atoms with E-state index >= 15 is 0 Å². The summed E-state index contributed by atoms with van der Waals surface area (Å²) in [7, 11) is 1.83. The Morgan fingerprint density at radius 2 is 1.82 bits per heavy atom. The number of ether oxygens (including phenoxy) is 2. The lowest BCUT2D eigenvalue weighted by Crippen LogP contribution is -2.27. The maximum Gasteiger partial charge on any atom is 0.573 e. The van der Waals surface area contributed by atoms with Crippen molar-refractivity contribution < 1.29 is 32.5 Å². The molecule has 0 spiro atoms. The topological polar surface area (TPSA) is 91.4 Å². The fraction of sp³-hybridized carbons (Fsp3) is 0.370. The van der Waals surface area contributed by atoms with E-state index in [1.54, 1.807) is 16.8 Å². The highest BCUT2D eigenvalue weighted by atomic mass is 19.4. The Labute approximate surface area is 216 Å². The smallest absolute Gasteiger partial charge is 0.487 e. The van der Waals surface area contributed by atoms with Crippen molar-refractivity contribution in [3.05, 3.63) is 71.8 Å². The number of aliphatic carboxylic acids is 1. The maximum atomic E-state index is 12.6. The number of hydrogen-bond acceptors (Lipinski definition) is 5. The summed E-state index contributed by atoms with van der Waals surface area (Å²) in [6.07, 6.45) is 0.0806. The van der Waals surface area contributed by atoms with E-state index in [1.165, 1.54) is 12.1 Å². The quantitative estimate of drug-likeness (QED) is 0.318. The van der Waals surface area contributed by atoms with Crippen molar-refractivity contribution in [3.63, 3.8) is 0 Å². The number of benzene rings is 2. The average molecular weight is 529 g/mol. The highest BCUT2D eigenvalue weighted by Gasteiger charge is 2.35. The minimum Gasteiger partial charge on any atom is -0.487 e. The first kappa shape index (κ1) is 25.6. The molecule has 0 saturated heterocycles. The number of halogens is 3. The second kappa shape index (κ2) is 10.4. The first-order valence-corrected chi connectivity index (χ1v) is 12.4. The predicted octanol–water partition coefficient (Wildman–Crippen LogP) is 5.65. The molecule has 4 aromatic rings. The molecule has 0 amide bonds. The molecule has 2 aromatic heterocycles. The summed E-state index contributed by atoms with van der Waals surface area (Å²) in [5.41, 5.74) is 2.94. The molecule has 2 heterocycles. The minimum atomic E-state index is -4.77. The van der Waals surface area contributed by atoms with E-state index in [1.807, 2.05) is 42.1 Å². The molecule has 11 heteroatoms. The first-order valence-electron chi connectivity index (χ1n) is 12.4. The number of imidazole rings is 1. The van der Waals surface area contributed by atoms with E-state index in [0.29, 0.717) is 36.5 Å². The van der Waals surface area contributed by atoms with Crippen molar-refractivity contribution in [2.75, 3.05) is 0 Å². The predicted molar refractivity (Wildman–Crippen MR) is 132 cm³/mol. The van der Waals surface area contributed by atoms with Crippen molar-refractivity contribution in [2.24, 2.45) is 13.0 Å². The first-order chi connectivity index (χ1) is 18.2. The largest absolute Gasteiger partial charge is 0.573 e. The molecule has 0 aliphatic heterocycles. The van der Waals surface area contributed by atoms with Gasteiger partial charge in [0.05, 0.1) is 22.6 Å². The van der Waals surface area contributed by atoms with Gasteiger partial charge in [-0.1, -0.05) is 25.0 Å². The van der Waals surface area contributed by atoms with Gasteiger partial charge in [-0.15, -0.1) is 13.2 Å². The van der Waals surface area contributed by atoms with Crippen molar-refractivity contribution in [1.29, 1.82) is 0 Å². The van der Waals surface area contributed by atoms with E-state index in [9.17, 15) is 23.1 Å². The van der Waals surface area contributed by atoms with Crippen LogP contribution in [0.5, 0.6) is 11.5 Å². The monoisotopic (exact) mass is 528 g/mol. The Morgan fingerprint density at radius 1 is 1.08 bits per heavy atom. The molecule has 1 N–H and O–H groups in total. The number of nitrogens with zero attached hydrogens (tertiary/aromatic N) is 4. The van der Waals surface area contributed by atoms with Gasteiger partial charge >= 0.3 is 12.3 Å². The number of rotatable bonds is 8. The number of fused-ring (bicyclic) bond motifs is 1. The summed E-state index contributed by atoms with van der Waals surface area (Å²) in [5, 5.41) is 14.2. The van der Waals surface area contributed by atoms with Gasteiger partial charge in [-0.25, -0.2) is 4.98 Å². The van der Waals surface area contributed by atoms with Crippen LogP contribution in [0.25, 0.3) is 11.0 Å². The second-order valence-electron chi connectivity index (χ2n) is 9.50. The third-order valence-corrected chi connectivity index (χ3v) is 6.82. The van der Waals surface area contributed by atoms with Gasteiger partial charge < -0.3 is 19.1 Å². The van der Waals surface area contributed by atoms with Gasteiger partial charge in [-0.3, -0.25) is 9.48 Å². The van der Waals surface area contributed by atoms with Gasteiger partial charge in [0.15, 0.2) is 0 Å². The van der Waals surface area contributed by atoms with E-state index in [4.69, 9.17) is 9.72 Å². The summed E-state index contributed by atoms with van der Waals surface area (Å²) in [6, 6.07) is 13.0. The zero-order chi connectivity index (χ0) is 26.9. The van der Waals surface area contributed by atoms with Crippen molar-refractivity contribution in [3.8, 4) is 11.5 Å². The number of carbonyl (C=O) groups is 1. The van der Waals surface area contributed by atoms with Gasteiger partial charge in [0.2, 0.25) is 0 Å². The molecule has 2 atom stereocenters. The van der Waals surface area contributed by atoms with Crippen LogP contribution in [0.1, 0.15) is 48.7 Å². The Morgan fingerprint density at radius 3 is 2.50 bits per heavy atom. The molecule has 8 nitrogen and oxygen atoms in total. The van der Waals surface area contributed by atoms with Gasteiger partial charge in [0, 0.05) is 31.8 Å². The highest BCUT2D eigenvalue weighted by Crippen LogP contribution is 2.39.